The van der Waals surface area contributed by atoms with Gasteiger partial charge in [-0.1, -0.05) is 30.3 Å². The Hall–Kier alpha value is -1.99. The van der Waals surface area contributed by atoms with Crippen LogP contribution in [0.3, 0.4) is 0 Å². The van der Waals surface area contributed by atoms with E-state index in [0.29, 0.717) is 5.56 Å². The van der Waals surface area contributed by atoms with E-state index in [1.807, 2.05) is 0 Å². The van der Waals surface area contributed by atoms with Crippen LogP contribution in [0.2, 0.25) is 0 Å². The molecular weight excluding hydrogens is 310 g/mol. The molecule has 0 aromatic heterocycles. The van der Waals surface area contributed by atoms with E-state index in [2.05, 4.69) is 4.40 Å². The molecule has 0 saturated heterocycles. The molecule has 0 atom stereocenters. The highest BCUT2D eigenvalue weighted by molar-refractivity contribution is 7.90. The standard InChI is InChI=1S/C14H13NO4S2/c1-20(16,17)13-9-7-12(8-10-13)11-15-21(18,19)14-5-3-2-4-6-14/h2-11H,1H3. The second-order valence-corrected chi connectivity index (χ2v) is 8.01. The van der Waals surface area contributed by atoms with Gasteiger partial charge >= 0.3 is 0 Å². The van der Waals surface area contributed by atoms with Crippen molar-refractivity contribution in [2.45, 2.75) is 9.79 Å². The maximum absolute atomic E-state index is 11.9. The molecule has 0 aliphatic heterocycles. The van der Waals surface area contributed by atoms with Crippen molar-refractivity contribution in [3.63, 3.8) is 0 Å². The Balaban J connectivity index is 2.26. The van der Waals surface area contributed by atoms with Crippen molar-refractivity contribution >= 4 is 26.1 Å². The largest absolute Gasteiger partial charge is 0.282 e. The van der Waals surface area contributed by atoms with Crippen LogP contribution in [0, 0.1) is 0 Å². The van der Waals surface area contributed by atoms with Gasteiger partial charge in [0.15, 0.2) is 9.84 Å². The molecule has 0 N–H and O–H groups in total. The zero-order valence-corrected chi connectivity index (χ0v) is 12.8. The summed E-state index contributed by atoms with van der Waals surface area (Å²) in [6, 6.07) is 13.7. The minimum Gasteiger partial charge on any atom is -0.224 e. The topological polar surface area (TPSA) is 80.6 Å². The van der Waals surface area contributed by atoms with Gasteiger partial charge in [0.1, 0.15) is 0 Å². The lowest BCUT2D eigenvalue weighted by Gasteiger charge is -1.99. The molecule has 0 aliphatic carbocycles. The van der Waals surface area contributed by atoms with Crippen LogP contribution in [-0.4, -0.2) is 29.3 Å². The molecule has 0 aliphatic rings. The molecule has 0 fully saturated rings. The summed E-state index contributed by atoms with van der Waals surface area (Å²) in [7, 11) is -7.01. The Morgan fingerprint density at radius 1 is 0.810 bits per heavy atom. The van der Waals surface area contributed by atoms with Gasteiger partial charge < -0.3 is 0 Å². The summed E-state index contributed by atoms with van der Waals surface area (Å²) in [5.41, 5.74) is 0.502. The molecule has 0 bridgehead atoms. The molecule has 2 aromatic rings. The lowest BCUT2D eigenvalue weighted by Crippen LogP contribution is -1.98. The molecule has 110 valence electrons. The highest BCUT2D eigenvalue weighted by Gasteiger charge is 2.10. The van der Waals surface area contributed by atoms with Crippen molar-refractivity contribution in [3.05, 3.63) is 60.2 Å². The van der Waals surface area contributed by atoms with Crippen LogP contribution in [0.4, 0.5) is 0 Å². The van der Waals surface area contributed by atoms with E-state index in [1.54, 1.807) is 18.2 Å². The van der Waals surface area contributed by atoms with Gasteiger partial charge in [-0.3, -0.25) is 0 Å². The van der Waals surface area contributed by atoms with Crippen molar-refractivity contribution in [2.75, 3.05) is 6.26 Å². The molecule has 21 heavy (non-hydrogen) atoms. The molecule has 0 radical (unpaired) electrons. The third kappa shape index (κ3) is 3.99. The Labute approximate surface area is 123 Å². The van der Waals surface area contributed by atoms with Crippen molar-refractivity contribution < 1.29 is 16.8 Å². The van der Waals surface area contributed by atoms with E-state index in [0.717, 1.165) is 6.26 Å². The van der Waals surface area contributed by atoms with Crippen LogP contribution < -0.4 is 0 Å². The Kier molecular flexibility index (Phi) is 4.24. The lowest BCUT2D eigenvalue weighted by atomic mass is 10.2. The zero-order valence-electron chi connectivity index (χ0n) is 11.2. The molecule has 0 spiro atoms. The SMILES string of the molecule is CS(=O)(=O)c1ccc(C=NS(=O)(=O)c2ccccc2)cc1. The summed E-state index contributed by atoms with van der Waals surface area (Å²) in [5.74, 6) is 0. The van der Waals surface area contributed by atoms with Crippen LogP contribution in [0.5, 0.6) is 0 Å². The molecule has 2 aromatic carbocycles. The minimum atomic E-state index is -3.75. The van der Waals surface area contributed by atoms with Crippen molar-refractivity contribution in [1.82, 2.24) is 0 Å². The number of sulfone groups is 1. The average Bonchev–Trinajstić information content (AvgIpc) is 2.46. The van der Waals surface area contributed by atoms with Gasteiger partial charge in [0.05, 0.1) is 9.79 Å². The van der Waals surface area contributed by atoms with Gasteiger partial charge in [-0.15, -0.1) is 0 Å². The third-order valence-corrected chi connectivity index (χ3v) is 5.07. The fraction of sp³-hybridized carbons (Fsp3) is 0.0714. The van der Waals surface area contributed by atoms with Crippen LogP contribution in [0.15, 0.2) is 68.8 Å². The summed E-state index contributed by atoms with van der Waals surface area (Å²) in [6.45, 7) is 0. The number of hydrogen-bond donors (Lipinski definition) is 0. The highest BCUT2D eigenvalue weighted by Crippen LogP contribution is 2.12. The molecule has 0 saturated carbocycles. The fourth-order valence-corrected chi connectivity index (χ4v) is 3.10. The van der Waals surface area contributed by atoms with Crippen LogP contribution in [0.25, 0.3) is 0 Å². The second-order valence-electron chi connectivity index (χ2n) is 4.36. The maximum atomic E-state index is 11.9. The summed E-state index contributed by atoms with van der Waals surface area (Å²) < 4.78 is 50.1. The molecule has 7 heteroatoms. The number of nitrogens with zero attached hydrogens (tertiary/aromatic N) is 1. The number of rotatable bonds is 4. The predicted octanol–water partition coefficient (Wildman–Crippen LogP) is 1.90. The van der Waals surface area contributed by atoms with Crippen molar-refractivity contribution in [1.29, 1.82) is 0 Å². The van der Waals surface area contributed by atoms with Gasteiger partial charge in [-0.05, 0) is 29.8 Å². The van der Waals surface area contributed by atoms with E-state index in [4.69, 9.17) is 0 Å². The first-order chi connectivity index (χ1) is 9.79. The molecule has 5 nitrogen and oxygen atoms in total. The molecular formula is C14H13NO4S2. The first-order valence-electron chi connectivity index (χ1n) is 5.94. The fourth-order valence-electron chi connectivity index (χ4n) is 1.58. The minimum absolute atomic E-state index is 0.106. The van der Waals surface area contributed by atoms with Crippen molar-refractivity contribution in [3.8, 4) is 0 Å². The first kappa shape index (κ1) is 15.4. The smallest absolute Gasteiger partial charge is 0.224 e. The third-order valence-electron chi connectivity index (χ3n) is 2.69. The number of sulfonamides is 1. The summed E-state index contributed by atoms with van der Waals surface area (Å²) in [4.78, 5) is 0.277. The van der Waals surface area contributed by atoms with Crippen LogP contribution in [0.1, 0.15) is 5.56 Å². The summed E-state index contributed by atoms with van der Waals surface area (Å²) in [5, 5.41) is 0. The van der Waals surface area contributed by atoms with E-state index >= 15 is 0 Å². The summed E-state index contributed by atoms with van der Waals surface area (Å²) in [6.07, 6.45) is 2.30. The maximum Gasteiger partial charge on any atom is 0.282 e. The molecule has 2 rings (SSSR count). The van der Waals surface area contributed by atoms with Crippen LogP contribution >= 0.6 is 0 Å². The van der Waals surface area contributed by atoms with Gasteiger partial charge in [0.2, 0.25) is 0 Å². The van der Waals surface area contributed by atoms with E-state index in [1.165, 1.54) is 42.6 Å². The monoisotopic (exact) mass is 323 g/mol. The molecule has 0 amide bonds. The normalized spacial score (nSPS) is 12.6. The van der Waals surface area contributed by atoms with Gasteiger partial charge in [-0.2, -0.15) is 12.8 Å². The number of hydrogen-bond acceptors (Lipinski definition) is 4. The lowest BCUT2D eigenvalue weighted by molar-refractivity contribution is 0.597. The van der Waals surface area contributed by atoms with Crippen LogP contribution in [-0.2, 0) is 19.9 Å². The van der Waals surface area contributed by atoms with Gasteiger partial charge in [-0.25, -0.2) is 8.42 Å². The van der Waals surface area contributed by atoms with E-state index < -0.39 is 19.9 Å². The first-order valence-corrected chi connectivity index (χ1v) is 9.28. The Morgan fingerprint density at radius 3 is 1.90 bits per heavy atom. The quantitative estimate of drug-likeness (QED) is 0.805. The van der Waals surface area contributed by atoms with Gasteiger partial charge in [0, 0.05) is 12.5 Å². The van der Waals surface area contributed by atoms with Gasteiger partial charge in [0.25, 0.3) is 10.0 Å². The molecule has 0 heterocycles. The molecule has 0 unspecified atom stereocenters. The van der Waals surface area contributed by atoms with E-state index in [-0.39, 0.29) is 9.79 Å². The summed E-state index contributed by atoms with van der Waals surface area (Å²) >= 11 is 0. The van der Waals surface area contributed by atoms with Crippen molar-refractivity contribution in [2.24, 2.45) is 4.40 Å². The second kappa shape index (κ2) is 5.79. The zero-order chi connectivity index (χ0) is 15.5. The van der Waals surface area contributed by atoms with E-state index in [9.17, 15) is 16.8 Å². The predicted molar refractivity (Wildman–Crippen MR) is 80.8 cm³/mol. The number of benzene rings is 2. The average molecular weight is 323 g/mol. The Morgan fingerprint density at radius 2 is 1.38 bits per heavy atom. The Bertz CT molecular complexity index is 853. The highest BCUT2D eigenvalue weighted by atomic mass is 32.2.